The molecule has 1 aliphatic heterocycles. The van der Waals surface area contributed by atoms with Gasteiger partial charge in [0.25, 0.3) is 0 Å². The Kier molecular flexibility index (Phi) is 8.27. The number of ether oxygens (including phenoxy) is 2. The molecule has 148 valence electrons. The molecular formula is C19H32N2O5. The zero-order valence-corrected chi connectivity index (χ0v) is 16.9. The molecule has 0 radical (unpaired) electrons. The highest BCUT2D eigenvalue weighted by Crippen LogP contribution is 2.38. The van der Waals surface area contributed by atoms with E-state index in [4.69, 9.17) is 9.47 Å². The van der Waals surface area contributed by atoms with Crippen LogP contribution in [0.15, 0.2) is 11.3 Å². The molecule has 0 bridgehead atoms. The lowest BCUT2D eigenvalue weighted by molar-refractivity contribution is -0.161. The Balaban J connectivity index is 3.25. The molecule has 0 saturated carbocycles. The van der Waals surface area contributed by atoms with E-state index in [-0.39, 0.29) is 32.0 Å². The van der Waals surface area contributed by atoms with Crippen molar-refractivity contribution in [3.63, 3.8) is 0 Å². The Morgan fingerprint density at radius 1 is 1.15 bits per heavy atom. The molecule has 0 aliphatic carbocycles. The minimum atomic E-state index is -1.37. The fourth-order valence-corrected chi connectivity index (χ4v) is 3.17. The highest BCUT2D eigenvalue weighted by Gasteiger charge is 2.50. The van der Waals surface area contributed by atoms with E-state index in [2.05, 4.69) is 4.90 Å². The summed E-state index contributed by atoms with van der Waals surface area (Å²) in [6, 6.07) is 0. The number of hydrogen-bond acceptors (Lipinski definition) is 7. The van der Waals surface area contributed by atoms with Gasteiger partial charge in [-0.2, -0.15) is 0 Å². The lowest BCUT2D eigenvalue weighted by Gasteiger charge is -2.41. The van der Waals surface area contributed by atoms with Crippen molar-refractivity contribution in [3.05, 3.63) is 11.3 Å². The van der Waals surface area contributed by atoms with Crippen LogP contribution in [0.1, 0.15) is 40.5 Å². The van der Waals surface area contributed by atoms with Crippen LogP contribution >= 0.6 is 0 Å². The van der Waals surface area contributed by atoms with E-state index >= 15 is 0 Å². The summed E-state index contributed by atoms with van der Waals surface area (Å²) in [6.07, 6.45) is 0.868. The minimum absolute atomic E-state index is 0.0238. The van der Waals surface area contributed by atoms with Crippen molar-refractivity contribution in [2.24, 2.45) is 5.41 Å². The molecule has 0 aromatic heterocycles. The molecule has 1 aliphatic rings. The molecule has 1 unspecified atom stereocenters. The smallest absolute Gasteiger partial charge is 0.335 e. The predicted octanol–water partition coefficient (Wildman–Crippen LogP) is 1.62. The molecule has 0 aromatic rings. The zero-order chi connectivity index (χ0) is 19.9. The summed E-state index contributed by atoms with van der Waals surface area (Å²) >= 11 is 0. The van der Waals surface area contributed by atoms with Crippen molar-refractivity contribution in [1.82, 2.24) is 9.80 Å². The van der Waals surface area contributed by atoms with Crippen LogP contribution in [-0.2, 0) is 23.9 Å². The largest absolute Gasteiger partial charge is 0.465 e. The third-order valence-electron chi connectivity index (χ3n) is 4.75. The van der Waals surface area contributed by atoms with Gasteiger partial charge >= 0.3 is 11.9 Å². The van der Waals surface area contributed by atoms with Crippen molar-refractivity contribution in [3.8, 4) is 0 Å². The monoisotopic (exact) mass is 368 g/mol. The summed E-state index contributed by atoms with van der Waals surface area (Å²) in [5.41, 5.74) is -0.218. The molecule has 0 amide bonds. The average molecular weight is 368 g/mol. The van der Waals surface area contributed by atoms with Crippen LogP contribution < -0.4 is 0 Å². The third-order valence-corrected chi connectivity index (χ3v) is 4.75. The maximum absolute atomic E-state index is 12.7. The fourth-order valence-electron chi connectivity index (χ4n) is 3.17. The second kappa shape index (κ2) is 9.71. The Morgan fingerprint density at radius 3 is 2.27 bits per heavy atom. The minimum Gasteiger partial charge on any atom is -0.465 e. The quantitative estimate of drug-likeness (QED) is 0.452. The Hall–Kier alpha value is -1.89. The Labute approximate surface area is 156 Å². The zero-order valence-electron chi connectivity index (χ0n) is 16.9. The maximum atomic E-state index is 12.7. The Bertz CT molecular complexity index is 570. The number of allylic oxidation sites excluding steroid dienone is 1. The number of carbonyl (C=O) groups excluding carboxylic acids is 3. The molecule has 0 fully saturated rings. The van der Waals surface area contributed by atoms with E-state index in [1.807, 2.05) is 25.9 Å². The molecule has 7 heteroatoms. The highest BCUT2D eigenvalue weighted by atomic mass is 16.5. The highest BCUT2D eigenvalue weighted by molar-refractivity contribution is 6.05. The van der Waals surface area contributed by atoms with Gasteiger partial charge in [-0.1, -0.05) is 0 Å². The first kappa shape index (κ1) is 22.2. The van der Waals surface area contributed by atoms with E-state index in [1.165, 1.54) is 6.92 Å². The standard InChI is InChI=1S/C19H32N2O5/c1-7-25-17(23)16-12-19(15(4)22,18(24)26-8-2)13-21(14(16)3)11-9-10-20(5)6/h7-13H2,1-6H3. The lowest BCUT2D eigenvalue weighted by atomic mass is 9.74. The van der Waals surface area contributed by atoms with Gasteiger partial charge in [-0.05, 0) is 54.8 Å². The number of carbonyl (C=O) groups is 3. The Morgan fingerprint density at radius 2 is 1.77 bits per heavy atom. The van der Waals surface area contributed by atoms with Gasteiger partial charge in [-0.3, -0.25) is 9.59 Å². The summed E-state index contributed by atoms with van der Waals surface area (Å²) in [6.45, 7) is 8.83. The van der Waals surface area contributed by atoms with Gasteiger partial charge < -0.3 is 19.3 Å². The molecule has 1 heterocycles. The SMILES string of the molecule is CCOC(=O)C1=C(C)N(CCCN(C)C)CC(C(C)=O)(C(=O)OCC)C1. The van der Waals surface area contributed by atoms with Crippen molar-refractivity contribution in [2.45, 2.75) is 40.5 Å². The topological polar surface area (TPSA) is 76.2 Å². The first-order valence-electron chi connectivity index (χ1n) is 9.14. The summed E-state index contributed by atoms with van der Waals surface area (Å²) in [4.78, 5) is 41.6. The molecule has 7 nitrogen and oxygen atoms in total. The van der Waals surface area contributed by atoms with E-state index in [9.17, 15) is 14.4 Å². The van der Waals surface area contributed by atoms with Crippen LogP contribution in [0, 0.1) is 5.41 Å². The maximum Gasteiger partial charge on any atom is 0.335 e. The predicted molar refractivity (Wildman–Crippen MR) is 98.4 cm³/mol. The molecule has 1 rings (SSSR count). The number of hydrogen-bond donors (Lipinski definition) is 0. The van der Waals surface area contributed by atoms with Crippen LogP contribution in [0.25, 0.3) is 0 Å². The molecule has 0 spiro atoms. The molecule has 0 aromatic carbocycles. The summed E-state index contributed by atoms with van der Waals surface area (Å²) in [7, 11) is 3.98. The first-order chi connectivity index (χ1) is 12.2. The van der Waals surface area contributed by atoms with Crippen LogP contribution in [-0.4, -0.2) is 74.5 Å². The van der Waals surface area contributed by atoms with Gasteiger partial charge in [0.1, 0.15) is 11.2 Å². The van der Waals surface area contributed by atoms with E-state index in [0.29, 0.717) is 12.1 Å². The van der Waals surface area contributed by atoms with Crippen LogP contribution in [0.4, 0.5) is 0 Å². The first-order valence-corrected chi connectivity index (χ1v) is 9.14. The van der Waals surface area contributed by atoms with Crippen LogP contribution in [0.5, 0.6) is 0 Å². The van der Waals surface area contributed by atoms with Crippen LogP contribution in [0.2, 0.25) is 0 Å². The second-order valence-corrected chi connectivity index (χ2v) is 6.90. The number of Topliss-reactive ketones (excluding diaryl/α,β-unsaturated/α-hetero) is 1. The second-order valence-electron chi connectivity index (χ2n) is 6.90. The van der Waals surface area contributed by atoms with Gasteiger partial charge in [-0.15, -0.1) is 0 Å². The van der Waals surface area contributed by atoms with Crippen molar-refractivity contribution in [1.29, 1.82) is 0 Å². The van der Waals surface area contributed by atoms with E-state index < -0.39 is 17.4 Å². The van der Waals surface area contributed by atoms with E-state index in [1.54, 1.807) is 13.8 Å². The summed E-state index contributed by atoms with van der Waals surface area (Å²) in [5.74, 6) is -1.33. The van der Waals surface area contributed by atoms with Gasteiger partial charge in [0.15, 0.2) is 0 Å². The van der Waals surface area contributed by atoms with Crippen molar-refractivity contribution >= 4 is 17.7 Å². The normalized spacial score (nSPS) is 20.3. The van der Waals surface area contributed by atoms with E-state index in [0.717, 1.165) is 18.7 Å². The number of ketones is 1. The molecular weight excluding hydrogens is 336 g/mol. The van der Waals surface area contributed by atoms with Crippen molar-refractivity contribution in [2.75, 3.05) is 46.9 Å². The number of nitrogens with zero attached hydrogens (tertiary/aromatic N) is 2. The summed E-state index contributed by atoms with van der Waals surface area (Å²) < 4.78 is 10.4. The fraction of sp³-hybridized carbons (Fsp3) is 0.737. The third kappa shape index (κ3) is 5.06. The van der Waals surface area contributed by atoms with Gasteiger partial charge in [0, 0.05) is 25.2 Å². The van der Waals surface area contributed by atoms with Crippen LogP contribution in [0.3, 0.4) is 0 Å². The van der Waals surface area contributed by atoms with Gasteiger partial charge in [-0.25, -0.2) is 4.79 Å². The molecule has 1 atom stereocenters. The van der Waals surface area contributed by atoms with Crippen molar-refractivity contribution < 1.29 is 23.9 Å². The average Bonchev–Trinajstić information content (AvgIpc) is 2.56. The molecule has 0 saturated heterocycles. The molecule has 26 heavy (non-hydrogen) atoms. The summed E-state index contributed by atoms with van der Waals surface area (Å²) in [5, 5.41) is 0. The van der Waals surface area contributed by atoms with Gasteiger partial charge in [0.05, 0.1) is 18.8 Å². The number of rotatable bonds is 9. The molecule has 0 N–H and O–H groups in total. The number of esters is 2. The lowest BCUT2D eigenvalue weighted by Crippen LogP contribution is -2.52. The van der Waals surface area contributed by atoms with Gasteiger partial charge in [0.2, 0.25) is 0 Å².